The Morgan fingerprint density at radius 3 is 2.84 bits per heavy atom. The van der Waals surface area contributed by atoms with Gasteiger partial charge in [-0.05, 0) is 35.9 Å². The van der Waals surface area contributed by atoms with Gasteiger partial charge in [0.1, 0.15) is 0 Å². The number of hydrogen-bond acceptors (Lipinski definition) is 3. The first-order valence-corrected chi connectivity index (χ1v) is 8.22. The molecular weight excluding hydrogens is 359 g/mol. The lowest BCUT2D eigenvalue weighted by molar-refractivity contribution is 0.0955. The topological polar surface area (TPSA) is 59.3 Å². The Bertz CT molecular complexity index is 907. The number of halogens is 2. The van der Waals surface area contributed by atoms with Gasteiger partial charge in [-0.25, -0.2) is 5.43 Å². The molecule has 0 saturated carbocycles. The van der Waals surface area contributed by atoms with Gasteiger partial charge in [0.25, 0.3) is 5.91 Å². The molecule has 0 aliphatic heterocycles. The maximum absolute atomic E-state index is 12.2. The fourth-order valence-corrected chi connectivity index (χ4v) is 2.68. The summed E-state index contributed by atoms with van der Waals surface area (Å²) < 4.78 is 1.79. The Hall–Kier alpha value is -2.63. The lowest BCUT2D eigenvalue weighted by Gasteiger charge is -2.05. The summed E-state index contributed by atoms with van der Waals surface area (Å²) in [6, 6.07) is 14.2. The van der Waals surface area contributed by atoms with Gasteiger partial charge in [-0.1, -0.05) is 41.4 Å². The maximum atomic E-state index is 12.2. The summed E-state index contributed by atoms with van der Waals surface area (Å²) in [5.41, 5.74) is 4.65. The summed E-state index contributed by atoms with van der Waals surface area (Å²) in [5.74, 6) is -0.302. The largest absolute Gasteiger partial charge is 0.271 e. The molecule has 1 N–H and O–H groups in total. The van der Waals surface area contributed by atoms with Crippen molar-refractivity contribution >= 4 is 35.3 Å². The van der Waals surface area contributed by atoms with Crippen LogP contribution in [0.15, 0.2) is 66.0 Å². The van der Waals surface area contributed by atoms with E-state index in [2.05, 4.69) is 15.6 Å². The van der Waals surface area contributed by atoms with Crippen LogP contribution in [0.3, 0.4) is 0 Å². The molecule has 0 bridgehead atoms. The summed E-state index contributed by atoms with van der Waals surface area (Å²) in [6.07, 6.45) is 5.06. The fraction of sp³-hybridized carbons (Fsp3) is 0.0556. The number of carbonyl (C=O) groups is 1. The molecule has 126 valence electrons. The van der Waals surface area contributed by atoms with E-state index in [-0.39, 0.29) is 5.91 Å². The lowest BCUT2D eigenvalue weighted by Crippen LogP contribution is -2.18. The van der Waals surface area contributed by atoms with Crippen molar-refractivity contribution in [3.63, 3.8) is 0 Å². The Labute approximate surface area is 154 Å². The lowest BCUT2D eigenvalue weighted by atomic mass is 10.1. The minimum absolute atomic E-state index is 0.302. The van der Waals surface area contributed by atoms with E-state index < -0.39 is 0 Å². The van der Waals surface area contributed by atoms with Crippen molar-refractivity contribution in [2.45, 2.75) is 6.54 Å². The second-order valence-corrected chi connectivity index (χ2v) is 6.11. The zero-order chi connectivity index (χ0) is 17.6. The van der Waals surface area contributed by atoms with E-state index in [1.807, 2.05) is 30.5 Å². The van der Waals surface area contributed by atoms with Gasteiger partial charge in [0.15, 0.2) is 0 Å². The van der Waals surface area contributed by atoms with E-state index in [1.54, 1.807) is 35.1 Å². The molecule has 0 aliphatic carbocycles. The van der Waals surface area contributed by atoms with Crippen LogP contribution >= 0.6 is 23.2 Å². The first-order chi connectivity index (χ1) is 12.1. The summed E-state index contributed by atoms with van der Waals surface area (Å²) in [4.78, 5) is 12.2. The molecule has 3 aromatic rings. The van der Waals surface area contributed by atoms with Gasteiger partial charge in [0.2, 0.25) is 0 Å². The molecule has 3 rings (SSSR count). The van der Waals surface area contributed by atoms with Crippen LogP contribution in [0.4, 0.5) is 0 Å². The summed E-state index contributed by atoms with van der Waals surface area (Å²) in [5, 5.41) is 9.10. The SMILES string of the molecule is O=C(NN=Cc1ccc(Cl)cc1Cl)c1cccc(Cn2cccn2)c1. The van der Waals surface area contributed by atoms with Crippen molar-refractivity contribution in [3.05, 3.63) is 87.7 Å². The number of hydrogen-bond donors (Lipinski definition) is 1. The van der Waals surface area contributed by atoms with Gasteiger partial charge in [-0.3, -0.25) is 9.48 Å². The quantitative estimate of drug-likeness (QED) is 0.543. The number of nitrogens with one attached hydrogen (secondary N) is 1. The molecule has 1 amide bonds. The maximum Gasteiger partial charge on any atom is 0.271 e. The van der Waals surface area contributed by atoms with Crippen molar-refractivity contribution < 1.29 is 4.79 Å². The molecule has 0 aliphatic rings. The van der Waals surface area contributed by atoms with Crippen LogP contribution in [0, 0.1) is 0 Å². The predicted molar refractivity (Wildman–Crippen MR) is 99.3 cm³/mol. The third kappa shape index (κ3) is 4.68. The molecule has 0 atom stereocenters. The molecule has 0 spiro atoms. The number of benzene rings is 2. The Morgan fingerprint density at radius 1 is 1.20 bits per heavy atom. The molecule has 0 saturated heterocycles. The van der Waals surface area contributed by atoms with Crippen LogP contribution in [0.2, 0.25) is 10.0 Å². The van der Waals surface area contributed by atoms with Gasteiger partial charge < -0.3 is 0 Å². The number of amides is 1. The first kappa shape index (κ1) is 17.2. The highest BCUT2D eigenvalue weighted by molar-refractivity contribution is 6.36. The molecule has 0 radical (unpaired) electrons. The monoisotopic (exact) mass is 372 g/mol. The number of carbonyl (C=O) groups excluding carboxylic acids is 1. The molecule has 1 aromatic heterocycles. The normalized spacial score (nSPS) is 11.0. The van der Waals surface area contributed by atoms with Crippen LogP contribution < -0.4 is 5.43 Å². The zero-order valence-electron chi connectivity index (χ0n) is 13.1. The van der Waals surface area contributed by atoms with Crippen molar-refractivity contribution in [2.24, 2.45) is 5.10 Å². The minimum Gasteiger partial charge on any atom is -0.268 e. The van der Waals surface area contributed by atoms with Crippen LogP contribution in [-0.2, 0) is 6.54 Å². The van der Waals surface area contributed by atoms with Crippen LogP contribution in [0.1, 0.15) is 21.5 Å². The van der Waals surface area contributed by atoms with Gasteiger partial charge >= 0.3 is 0 Å². The van der Waals surface area contributed by atoms with Crippen molar-refractivity contribution in [3.8, 4) is 0 Å². The molecule has 7 heteroatoms. The summed E-state index contributed by atoms with van der Waals surface area (Å²) in [7, 11) is 0. The molecule has 0 fully saturated rings. The van der Waals surface area contributed by atoms with E-state index in [0.29, 0.717) is 27.7 Å². The van der Waals surface area contributed by atoms with Gasteiger partial charge in [-0.2, -0.15) is 10.2 Å². The molecule has 5 nitrogen and oxygen atoms in total. The van der Waals surface area contributed by atoms with Gasteiger partial charge in [-0.15, -0.1) is 0 Å². The van der Waals surface area contributed by atoms with Crippen LogP contribution in [-0.4, -0.2) is 21.9 Å². The molecule has 2 aromatic carbocycles. The molecule has 1 heterocycles. The summed E-state index contributed by atoms with van der Waals surface area (Å²) >= 11 is 11.9. The molecule has 25 heavy (non-hydrogen) atoms. The smallest absolute Gasteiger partial charge is 0.268 e. The zero-order valence-corrected chi connectivity index (χ0v) is 14.6. The van der Waals surface area contributed by atoms with Crippen LogP contribution in [0.25, 0.3) is 0 Å². The average Bonchev–Trinajstić information content (AvgIpc) is 3.10. The molecule has 0 unspecified atom stereocenters. The van der Waals surface area contributed by atoms with E-state index in [1.165, 1.54) is 6.21 Å². The standard InChI is InChI=1S/C18H14Cl2N4O/c19-16-6-5-15(17(20)10-16)11-21-23-18(25)14-4-1-3-13(9-14)12-24-8-2-7-22-24/h1-11H,12H2,(H,23,25). The third-order valence-electron chi connectivity index (χ3n) is 3.43. The minimum atomic E-state index is -0.302. The van der Waals surface area contributed by atoms with Crippen LogP contribution in [0.5, 0.6) is 0 Å². The van der Waals surface area contributed by atoms with Gasteiger partial charge in [0, 0.05) is 28.5 Å². The van der Waals surface area contributed by atoms with E-state index >= 15 is 0 Å². The highest BCUT2D eigenvalue weighted by atomic mass is 35.5. The fourth-order valence-electron chi connectivity index (χ4n) is 2.22. The highest BCUT2D eigenvalue weighted by Crippen LogP contribution is 2.19. The van der Waals surface area contributed by atoms with E-state index in [4.69, 9.17) is 23.2 Å². The van der Waals surface area contributed by atoms with E-state index in [0.717, 1.165) is 5.56 Å². The van der Waals surface area contributed by atoms with Crippen molar-refractivity contribution in [1.82, 2.24) is 15.2 Å². The number of rotatable bonds is 5. The first-order valence-electron chi connectivity index (χ1n) is 7.46. The third-order valence-corrected chi connectivity index (χ3v) is 3.99. The Kier molecular flexibility index (Phi) is 5.48. The Balaban J connectivity index is 1.65. The Morgan fingerprint density at radius 2 is 2.08 bits per heavy atom. The summed E-state index contributed by atoms with van der Waals surface area (Å²) in [6.45, 7) is 0.595. The number of nitrogens with zero attached hydrogens (tertiary/aromatic N) is 3. The average molecular weight is 373 g/mol. The van der Waals surface area contributed by atoms with E-state index in [9.17, 15) is 4.79 Å². The van der Waals surface area contributed by atoms with Crippen molar-refractivity contribution in [2.75, 3.05) is 0 Å². The second-order valence-electron chi connectivity index (χ2n) is 5.27. The molecular formula is C18H14Cl2N4O. The second kappa shape index (κ2) is 7.96. The van der Waals surface area contributed by atoms with Gasteiger partial charge in [0.05, 0.1) is 17.8 Å². The number of hydrazone groups is 1. The highest BCUT2D eigenvalue weighted by Gasteiger charge is 2.06. The predicted octanol–water partition coefficient (Wildman–Crippen LogP) is 4.00. The van der Waals surface area contributed by atoms with Crippen molar-refractivity contribution in [1.29, 1.82) is 0 Å². The number of aromatic nitrogens is 2.